The number of likely N-dealkylation sites (N-methyl/N-ethyl adjacent to an activating group) is 1. The first-order valence-electron chi connectivity index (χ1n) is 6.84. The van der Waals surface area contributed by atoms with Crippen LogP contribution in [0, 0.1) is 0 Å². The van der Waals surface area contributed by atoms with E-state index in [-0.39, 0.29) is 5.92 Å². The van der Waals surface area contributed by atoms with Crippen molar-refractivity contribution in [1.82, 2.24) is 15.5 Å². The summed E-state index contributed by atoms with van der Waals surface area (Å²) in [6.45, 7) is 5.90. The number of hydrogen-bond donors (Lipinski definition) is 1. The summed E-state index contributed by atoms with van der Waals surface area (Å²) in [6, 6.07) is 0.345. The van der Waals surface area contributed by atoms with Gasteiger partial charge in [0, 0.05) is 25.2 Å². The molecule has 1 aromatic rings. The lowest BCUT2D eigenvalue weighted by Gasteiger charge is -2.19. The number of hydrogen-bond acceptors (Lipinski definition) is 5. The minimum absolute atomic E-state index is 0.288. The molecule has 18 heavy (non-hydrogen) atoms. The van der Waals surface area contributed by atoms with Gasteiger partial charge in [0.25, 0.3) is 0 Å². The molecule has 1 aromatic heterocycles. The van der Waals surface area contributed by atoms with Crippen molar-refractivity contribution in [2.45, 2.75) is 51.0 Å². The highest BCUT2D eigenvalue weighted by Crippen LogP contribution is 2.27. The third-order valence-corrected chi connectivity index (χ3v) is 3.86. The monoisotopic (exact) mass is 253 g/mol. The first kappa shape index (κ1) is 13.5. The van der Waals surface area contributed by atoms with Crippen LogP contribution in [0.1, 0.15) is 56.7 Å². The molecular weight excluding hydrogens is 230 g/mol. The van der Waals surface area contributed by atoms with E-state index in [4.69, 9.17) is 9.26 Å². The molecule has 0 saturated carbocycles. The molecule has 5 heteroatoms. The molecule has 1 N–H and O–H groups in total. The number of nitrogens with one attached hydrogen (secondary N) is 1. The Balaban J connectivity index is 2.08. The summed E-state index contributed by atoms with van der Waals surface area (Å²) in [4.78, 5) is 4.60. The van der Waals surface area contributed by atoms with E-state index in [2.05, 4.69) is 29.3 Å². The number of aromatic nitrogens is 2. The molecule has 0 aromatic carbocycles. The average molecular weight is 253 g/mol. The van der Waals surface area contributed by atoms with Gasteiger partial charge >= 0.3 is 0 Å². The maximum absolute atomic E-state index is 5.45. The average Bonchev–Trinajstić information content (AvgIpc) is 2.90. The first-order chi connectivity index (χ1) is 8.76. The molecule has 2 atom stereocenters. The molecule has 102 valence electrons. The van der Waals surface area contributed by atoms with Crippen LogP contribution in [0.2, 0.25) is 0 Å². The largest absolute Gasteiger partial charge is 0.381 e. The van der Waals surface area contributed by atoms with E-state index in [0.29, 0.717) is 12.0 Å². The summed E-state index contributed by atoms with van der Waals surface area (Å²) in [5.74, 6) is 2.31. The quantitative estimate of drug-likeness (QED) is 0.870. The fraction of sp³-hybridized carbons (Fsp3) is 0.846. The van der Waals surface area contributed by atoms with E-state index >= 15 is 0 Å². The van der Waals surface area contributed by atoms with Gasteiger partial charge in [0.2, 0.25) is 5.89 Å². The summed E-state index contributed by atoms with van der Waals surface area (Å²) in [7, 11) is 1.96. The predicted octanol–water partition coefficient (Wildman–Crippen LogP) is 2.07. The van der Waals surface area contributed by atoms with E-state index in [1.165, 1.54) is 0 Å². The molecule has 1 fully saturated rings. The SMILES string of the molecule is CCC(c1nc(C2CCOCC2)no1)C(C)NC. The third-order valence-electron chi connectivity index (χ3n) is 3.86. The highest BCUT2D eigenvalue weighted by atomic mass is 16.5. The van der Waals surface area contributed by atoms with Crippen LogP contribution in [0.15, 0.2) is 4.52 Å². The standard InChI is InChI=1S/C13H23N3O2/c1-4-11(9(2)14-3)13-15-12(16-18-13)10-5-7-17-8-6-10/h9-11,14H,4-8H2,1-3H3. The molecule has 0 aliphatic carbocycles. The Kier molecular flexibility index (Phi) is 4.72. The Morgan fingerprint density at radius 3 is 2.72 bits per heavy atom. The van der Waals surface area contributed by atoms with E-state index in [1.54, 1.807) is 0 Å². The Morgan fingerprint density at radius 2 is 2.11 bits per heavy atom. The van der Waals surface area contributed by atoms with Crippen molar-refractivity contribution in [3.63, 3.8) is 0 Å². The van der Waals surface area contributed by atoms with E-state index in [1.807, 2.05) is 7.05 Å². The molecule has 1 saturated heterocycles. The zero-order chi connectivity index (χ0) is 13.0. The van der Waals surface area contributed by atoms with E-state index in [0.717, 1.165) is 44.2 Å². The molecule has 0 spiro atoms. The zero-order valence-electron chi connectivity index (χ0n) is 11.5. The van der Waals surface area contributed by atoms with Crippen LogP contribution in [-0.4, -0.2) is 36.4 Å². The van der Waals surface area contributed by atoms with Crippen molar-refractivity contribution in [2.24, 2.45) is 0 Å². The molecule has 0 radical (unpaired) electrons. The van der Waals surface area contributed by atoms with Crippen LogP contribution in [0.25, 0.3) is 0 Å². The first-order valence-corrected chi connectivity index (χ1v) is 6.84. The minimum atomic E-state index is 0.288. The van der Waals surface area contributed by atoms with Gasteiger partial charge in [0.1, 0.15) is 0 Å². The van der Waals surface area contributed by atoms with Crippen LogP contribution in [-0.2, 0) is 4.74 Å². The van der Waals surface area contributed by atoms with Crippen molar-refractivity contribution in [3.8, 4) is 0 Å². The molecule has 1 aliphatic rings. The molecule has 0 bridgehead atoms. The van der Waals surface area contributed by atoms with Gasteiger partial charge in [-0.05, 0) is 33.2 Å². The molecular formula is C13H23N3O2. The van der Waals surface area contributed by atoms with Crippen LogP contribution in [0.4, 0.5) is 0 Å². The Hall–Kier alpha value is -0.940. The van der Waals surface area contributed by atoms with Gasteiger partial charge in [0.15, 0.2) is 5.82 Å². The molecule has 2 heterocycles. The Morgan fingerprint density at radius 1 is 1.39 bits per heavy atom. The lowest BCUT2D eigenvalue weighted by molar-refractivity contribution is 0.0830. The number of ether oxygens (including phenoxy) is 1. The molecule has 0 amide bonds. The van der Waals surface area contributed by atoms with Gasteiger partial charge in [-0.3, -0.25) is 0 Å². The lowest BCUT2D eigenvalue weighted by Crippen LogP contribution is -2.28. The highest BCUT2D eigenvalue weighted by Gasteiger charge is 2.26. The third kappa shape index (κ3) is 2.90. The maximum atomic E-state index is 5.45. The van der Waals surface area contributed by atoms with Crippen LogP contribution in [0.3, 0.4) is 0 Å². The van der Waals surface area contributed by atoms with E-state index in [9.17, 15) is 0 Å². The predicted molar refractivity (Wildman–Crippen MR) is 68.6 cm³/mol. The van der Waals surface area contributed by atoms with Crippen molar-refractivity contribution >= 4 is 0 Å². The summed E-state index contributed by atoms with van der Waals surface area (Å²) in [5.41, 5.74) is 0. The van der Waals surface area contributed by atoms with Crippen LogP contribution < -0.4 is 5.32 Å². The highest BCUT2D eigenvalue weighted by molar-refractivity contribution is 5.02. The molecule has 5 nitrogen and oxygen atoms in total. The molecule has 2 unspecified atom stereocenters. The molecule has 2 rings (SSSR count). The van der Waals surface area contributed by atoms with Gasteiger partial charge in [-0.2, -0.15) is 4.98 Å². The Labute approximate surface area is 108 Å². The van der Waals surface area contributed by atoms with Crippen molar-refractivity contribution in [3.05, 3.63) is 11.7 Å². The van der Waals surface area contributed by atoms with Crippen LogP contribution in [0.5, 0.6) is 0 Å². The fourth-order valence-corrected chi connectivity index (χ4v) is 2.46. The summed E-state index contributed by atoms with van der Waals surface area (Å²) < 4.78 is 10.8. The van der Waals surface area contributed by atoms with Crippen molar-refractivity contribution < 1.29 is 9.26 Å². The van der Waals surface area contributed by atoms with Gasteiger partial charge in [-0.25, -0.2) is 0 Å². The second-order valence-corrected chi connectivity index (χ2v) is 4.97. The van der Waals surface area contributed by atoms with Crippen LogP contribution >= 0.6 is 0 Å². The zero-order valence-corrected chi connectivity index (χ0v) is 11.5. The summed E-state index contributed by atoms with van der Waals surface area (Å²) in [5, 5.41) is 7.41. The second kappa shape index (κ2) is 6.29. The van der Waals surface area contributed by atoms with E-state index < -0.39 is 0 Å². The topological polar surface area (TPSA) is 60.2 Å². The van der Waals surface area contributed by atoms with Gasteiger partial charge in [-0.1, -0.05) is 12.1 Å². The number of rotatable bonds is 5. The smallest absolute Gasteiger partial charge is 0.231 e. The maximum Gasteiger partial charge on any atom is 0.231 e. The van der Waals surface area contributed by atoms with Crippen molar-refractivity contribution in [1.29, 1.82) is 0 Å². The Bertz CT molecular complexity index is 361. The summed E-state index contributed by atoms with van der Waals surface area (Å²) in [6.07, 6.45) is 2.99. The second-order valence-electron chi connectivity index (χ2n) is 4.97. The summed E-state index contributed by atoms with van der Waals surface area (Å²) >= 11 is 0. The number of nitrogens with zero attached hydrogens (tertiary/aromatic N) is 2. The van der Waals surface area contributed by atoms with Gasteiger partial charge < -0.3 is 14.6 Å². The minimum Gasteiger partial charge on any atom is -0.381 e. The van der Waals surface area contributed by atoms with Gasteiger partial charge in [0.05, 0.1) is 5.92 Å². The lowest BCUT2D eigenvalue weighted by atomic mass is 9.97. The van der Waals surface area contributed by atoms with Gasteiger partial charge in [-0.15, -0.1) is 0 Å². The fourth-order valence-electron chi connectivity index (χ4n) is 2.46. The molecule has 1 aliphatic heterocycles. The normalized spacial score (nSPS) is 20.8. The van der Waals surface area contributed by atoms with Crippen molar-refractivity contribution in [2.75, 3.05) is 20.3 Å².